The number of nitriles is 1. The largest absolute Gasteiger partial charge is 0.506 e. The summed E-state index contributed by atoms with van der Waals surface area (Å²) >= 11 is 5.75. The third kappa shape index (κ3) is 2.41. The molecule has 0 aromatic heterocycles. The number of phenols is 1. The van der Waals surface area contributed by atoms with Crippen LogP contribution >= 0.6 is 11.6 Å². The summed E-state index contributed by atoms with van der Waals surface area (Å²) in [5.41, 5.74) is -0.402. The number of nitrogens with one attached hydrogen (secondary N) is 1. The Morgan fingerprint density at radius 3 is 2.67 bits per heavy atom. The lowest BCUT2D eigenvalue weighted by Gasteiger charge is -2.22. The Morgan fingerprint density at radius 1 is 1.44 bits per heavy atom. The van der Waals surface area contributed by atoms with Crippen LogP contribution < -0.4 is 5.32 Å². The molecule has 0 spiro atoms. The predicted octanol–water partition coefficient (Wildman–Crippen LogP) is 2.61. The summed E-state index contributed by atoms with van der Waals surface area (Å²) in [4.78, 5) is 12.0. The van der Waals surface area contributed by atoms with Gasteiger partial charge in [-0.25, -0.2) is 0 Å². The van der Waals surface area contributed by atoms with E-state index in [1.807, 2.05) is 0 Å². The summed E-state index contributed by atoms with van der Waals surface area (Å²) in [5.74, 6) is -0.399. The first kappa shape index (κ1) is 12.7. The molecule has 1 aromatic carbocycles. The normalized spacial score (nSPS) is 17.1. The Labute approximate surface area is 110 Å². The van der Waals surface area contributed by atoms with Gasteiger partial charge in [-0.2, -0.15) is 5.26 Å². The Kier molecular flexibility index (Phi) is 3.44. The van der Waals surface area contributed by atoms with Gasteiger partial charge in [0.2, 0.25) is 0 Å². The number of halogens is 1. The molecule has 94 valence electrons. The number of nitrogens with zero attached hydrogens (tertiary/aromatic N) is 1. The minimum absolute atomic E-state index is 0.0657. The molecule has 2 N–H and O–H groups in total. The first-order valence-corrected chi connectivity index (χ1v) is 6.16. The molecule has 0 radical (unpaired) electrons. The smallest absolute Gasteiger partial charge is 0.252 e. The van der Waals surface area contributed by atoms with Crippen molar-refractivity contribution in [3.8, 4) is 11.8 Å². The Morgan fingerprint density at radius 2 is 2.11 bits per heavy atom. The van der Waals surface area contributed by atoms with Gasteiger partial charge in [-0.1, -0.05) is 11.6 Å². The molecule has 0 atom stereocenters. The molecule has 0 aliphatic heterocycles. The first-order chi connectivity index (χ1) is 8.56. The second-order valence-corrected chi connectivity index (χ2v) is 4.93. The average Bonchev–Trinajstić information content (AvgIpc) is 2.82. The van der Waals surface area contributed by atoms with E-state index in [4.69, 9.17) is 11.6 Å². The van der Waals surface area contributed by atoms with Gasteiger partial charge in [-0.15, -0.1) is 0 Å². The standard InChI is InChI=1S/C13H13ClN2O2/c14-10-7-9(3-4-11(10)17)12(18)16-13(8-15)5-1-2-6-13/h3-4,7,17H,1-2,5-6H2,(H,16,18). The molecular formula is C13H13ClN2O2. The van der Waals surface area contributed by atoms with Crippen molar-refractivity contribution in [1.82, 2.24) is 5.32 Å². The number of rotatable bonds is 2. The van der Waals surface area contributed by atoms with Crippen LogP contribution in [-0.4, -0.2) is 16.6 Å². The minimum Gasteiger partial charge on any atom is -0.506 e. The predicted molar refractivity (Wildman–Crippen MR) is 67.4 cm³/mol. The van der Waals surface area contributed by atoms with E-state index in [2.05, 4.69) is 11.4 Å². The zero-order valence-electron chi connectivity index (χ0n) is 9.74. The zero-order chi connectivity index (χ0) is 13.2. The Bertz CT molecular complexity index is 516. The van der Waals surface area contributed by atoms with Crippen LogP contribution in [0.1, 0.15) is 36.0 Å². The molecule has 0 saturated heterocycles. The van der Waals surface area contributed by atoms with E-state index < -0.39 is 5.54 Å². The molecule has 1 amide bonds. The van der Waals surface area contributed by atoms with E-state index in [-0.39, 0.29) is 16.7 Å². The van der Waals surface area contributed by atoms with Crippen LogP contribution in [0.5, 0.6) is 5.75 Å². The van der Waals surface area contributed by atoms with Crippen molar-refractivity contribution in [2.24, 2.45) is 0 Å². The van der Waals surface area contributed by atoms with E-state index in [0.717, 1.165) is 12.8 Å². The lowest BCUT2D eigenvalue weighted by Crippen LogP contribution is -2.45. The summed E-state index contributed by atoms with van der Waals surface area (Å²) in [6.07, 6.45) is 3.26. The molecule has 1 aliphatic carbocycles. The van der Waals surface area contributed by atoms with Gasteiger partial charge in [0.15, 0.2) is 0 Å². The van der Waals surface area contributed by atoms with Crippen LogP contribution in [0.25, 0.3) is 0 Å². The highest BCUT2D eigenvalue weighted by Gasteiger charge is 2.35. The number of carbonyl (C=O) groups excluding carboxylic acids is 1. The zero-order valence-corrected chi connectivity index (χ0v) is 10.5. The second-order valence-electron chi connectivity index (χ2n) is 4.52. The second kappa shape index (κ2) is 4.87. The summed E-state index contributed by atoms with van der Waals surface area (Å²) in [6, 6.07) is 6.43. The van der Waals surface area contributed by atoms with E-state index in [1.165, 1.54) is 18.2 Å². The molecule has 4 nitrogen and oxygen atoms in total. The van der Waals surface area contributed by atoms with Crippen molar-refractivity contribution in [2.45, 2.75) is 31.2 Å². The van der Waals surface area contributed by atoms with Crippen LogP contribution in [0.15, 0.2) is 18.2 Å². The molecule has 18 heavy (non-hydrogen) atoms. The Hall–Kier alpha value is -1.73. The number of benzene rings is 1. The molecule has 0 unspecified atom stereocenters. The molecule has 1 aliphatic rings. The van der Waals surface area contributed by atoms with E-state index in [9.17, 15) is 15.2 Å². The molecule has 2 rings (SSSR count). The van der Waals surface area contributed by atoms with Crippen molar-refractivity contribution in [1.29, 1.82) is 5.26 Å². The van der Waals surface area contributed by atoms with Crippen LogP contribution in [0.3, 0.4) is 0 Å². The van der Waals surface area contributed by atoms with Crippen molar-refractivity contribution in [3.05, 3.63) is 28.8 Å². The number of amides is 1. The third-order valence-corrected chi connectivity index (χ3v) is 3.54. The van der Waals surface area contributed by atoms with E-state index in [0.29, 0.717) is 18.4 Å². The van der Waals surface area contributed by atoms with Crippen molar-refractivity contribution in [2.75, 3.05) is 0 Å². The monoisotopic (exact) mass is 264 g/mol. The van der Waals surface area contributed by atoms with Gasteiger partial charge in [0.05, 0.1) is 11.1 Å². The quantitative estimate of drug-likeness (QED) is 0.862. The maximum Gasteiger partial charge on any atom is 0.252 e. The van der Waals surface area contributed by atoms with Gasteiger partial charge in [0.25, 0.3) is 5.91 Å². The molecule has 1 aromatic rings. The average molecular weight is 265 g/mol. The molecule has 5 heteroatoms. The fourth-order valence-electron chi connectivity index (χ4n) is 2.18. The van der Waals surface area contributed by atoms with Gasteiger partial charge < -0.3 is 10.4 Å². The Balaban J connectivity index is 2.17. The summed E-state index contributed by atoms with van der Waals surface area (Å²) in [5, 5.41) is 21.4. The van der Waals surface area contributed by atoms with E-state index in [1.54, 1.807) is 0 Å². The number of aromatic hydroxyl groups is 1. The molecular weight excluding hydrogens is 252 g/mol. The SMILES string of the molecule is N#CC1(NC(=O)c2ccc(O)c(Cl)c2)CCCC1. The maximum atomic E-state index is 12.0. The molecule has 1 saturated carbocycles. The highest BCUT2D eigenvalue weighted by Crippen LogP contribution is 2.30. The van der Waals surface area contributed by atoms with Crippen molar-refractivity contribution < 1.29 is 9.90 Å². The highest BCUT2D eigenvalue weighted by molar-refractivity contribution is 6.32. The fourth-order valence-corrected chi connectivity index (χ4v) is 2.36. The van der Waals surface area contributed by atoms with Gasteiger partial charge in [0.1, 0.15) is 11.3 Å². The highest BCUT2D eigenvalue weighted by atomic mass is 35.5. The van der Waals surface area contributed by atoms with Gasteiger partial charge in [0, 0.05) is 5.56 Å². The van der Waals surface area contributed by atoms with Gasteiger partial charge in [-0.3, -0.25) is 4.79 Å². The van der Waals surface area contributed by atoms with Crippen LogP contribution in [0, 0.1) is 11.3 Å². The summed E-state index contributed by atoms with van der Waals surface area (Å²) < 4.78 is 0. The number of hydrogen-bond acceptors (Lipinski definition) is 3. The fraction of sp³-hybridized carbons (Fsp3) is 0.385. The maximum absolute atomic E-state index is 12.0. The lowest BCUT2D eigenvalue weighted by atomic mass is 9.99. The number of hydrogen-bond donors (Lipinski definition) is 2. The molecule has 0 bridgehead atoms. The summed E-state index contributed by atoms with van der Waals surface area (Å²) in [7, 11) is 0. The van der Waals surface area contributed by atoms with Gasteiger partial charge in [-0.05, 0) is 43.9 Å². The summed E-state index contributed by atoms with van der Waals surface area (Å²) in [6.45, 7) is 0. The van der Waals surface area contributed by atoms with Crippen LogP contribution in [0.4, 0.5) is 0 Å². The number of carbonyl (C=O) groups is 1. The first-order valence-electron chi connectivity index (χ1n) is 5.79. The van der Waals surface area contributed by atoms with Gasteiger partial charge >= 0.3 is 0 Å². The minimum atomic E-state index is -0.749. The number of phenolic OH excluding ortho intramolecular Hbond substituents is 1. The molecule has 1 fully saturated rings. The van der Waals surface area contributed by atoms with Crippen molar-refractivity contribution >= 4 is 17.5 Å². The molecule has 0 heterocycles. The third-order valence-electron chi connectivity index (χ3n) is 3.23. The lowest BCUT2D eigenvalue weighted by molar-refractivity contribution is 0.0920. The van der Waals surface area contributed by atoms with Crippen LogP contribution in [0.2, 0.25) is 5.02 Å². The van der Waals surface area contributed by atoms with E-state index >= 15 is 0 Å². The van der Waals surface area contributed by atoms with Crippen LogP contribution in [-0.2, 0) is 0 Å². The van der Waals surface area contributed by atoms with Crippen molar-refractivity contribution in [3.63, 3.8) is 0 Å². The topological polar surface area (TPSA) is 73.1 Å².